The Morgan fingerprint density at radius 2 is 2.57 bits per heavy atom. The van der Waals surface area contributed by atoms with Crippen LogP contribution in [0.2, 0.25) is 0 Å². The average Bonchev–Trinajstić information content (AvgIpc) is 2.66. The smallest absolute Gasteiger partial charge is 0.352 e. The maximum absolute atomic E-state index is 11.0. The summed E-state index contributed by atoms with van der Waals surface area (Å²) in [4.78, 5) is 17.7. The number of nitrogens with zero attached hydrogens (tertiary/aromatic N) is 3. The Morgan fingerprint density at radius 1 is 1.79 bits per heavy atom. The molecule has 0 aromatic carbocycles. The Balaban J connectivity index is 2.89. The second-order valence-corrected chi connectivity index (χ2v) is 2.14. The number of carbonyl (C=O) groups excluding carboxylic acids is 1. The lowest BCUT2D eigenvalue weighted by molar-refractivity contribution is -0.132. The van der Waals surface area contributed by atoms with Crippen LogP contribution in [-0.2, 0) is 9.53 Å². The predicted octanol–water partition coefficient (Wildman–Crippen LogP) is 0.735. The molecule has 5 heteroatoms. The summed E-state index contributed by atoms with van der Waals surface area (Å²) in [6.07, 6.45) is 12.3. The minimum atomic E-state index is -0.851. The molecule has 0 radical (unpaired) electrons. The van der Waals surface area contributed by atoms with Crippen LogP contribution in [0, 0.1) is 19.1 Å². The number of hydrogen-bond donors (Lipinski definition) is 0. The minimum Gasteiger partial charge on any atom is -0.378 e. The Labute approximate surface area is 80.4 Å². The molecular weight excluding hydrogens is 182 g/mol. The van der Waals surface area contributed by atoms with Gasteiger partial charge in [-0.05, 0) is 0 Å². The summed E-state index contributed by atoms with van der Waals surface area (Å²) < 4.78 is 5.67. The van der Waals surface area contributed by atoms with Gasteiger partial charge in [-0.1, -0.05) is 6.42 Å². The molecule has 0 aliphatic heterocycles. The van der Waals surface area contributed by atoms with Crippen molar-refractivity contribution >= 4 is 12.2 Å². The van der Waals surface area contributed by atoms with E-state index in [0.717, 1.165) is 0 Å². The molecule has 1 aromatic heterocycles. The number of rotatable bonds is 2. The summed E-state index contributed by atoms with van der Waals surface area (Å²) in [5, 5.41) is 0. The van der Waals surface area contributed by atoms with E-state index in [1.54, 1.807) is 12.3 Å². The van der Waals surface area contributed by atoms with E-state index in [2.05, 4.69) is 14.6 Å². The zero-order chi connectivity index (χ0) is 10.4. The van der Waals surface area contributed by atoms with E-state index in [0.29, 0.717) is 0 Å². The molecule has 0 aliphatic carbocycles. The van der Waals surface area contributed by atoms with Crippen LogP contribution in [0.25, 0.3) is 11.0 Å². The summed E-state index contributed by atoms with van der Waals surface area (Å²) in [6, 6.07) is 0. The fourth-order valence-electron chi connectivity index (χ4n) is 0.720. The van der Waals surface area contributed by atoms with Gasteiger partial charge >= 0.3 is 5.97 Å². The monoisotopic (exact) mass is 187 g/mol. The lowest BCUT2D eigenvalue weighted by Gasteiger charge is -1.94. The lowest BCUT2D eigenvalue weighted by Crippen LogP contribution is -2.02. The van der Waals surface area contributed by atoms with Crippen LogP contribution in [-0.4, -0.2) is 15.5 Å². The van der Waals surface area contributed by atoms with Crippen molar-refractivity contribution in [2.24, 2.45) is 0 Å². The van der Waals surface area contributed by atoms with E-state index in [1.165, 1.54) is 23.3 Å². The number of esters is 1. The molecule has 0 atom stereocenters. The predicted molar refractivity (Wildman–Crippen MR) is 48.0 cm³/mol. The highest BCUT2D eigenvalue weighted by molar-refractivity contribution is 5.94. The van der Waals surface area contributed by atoms with Crippen molar-refractivity contribution in [1.29, 1.82) is 0 Å². The second kappa shape index (κ2) is 4.48. The first kappa shape index (κ1) is 9.56. The van der Waals surface area contributed by atoms with Gasteiger partial charge in [0.1, 0.15) is 6.11 Å². The first-order valence-electron chi connectivity index (χ1n) is 3.51. The normalized spacial score (nSPS) is 10.0. The van der Waals surface area contributed by atoms with Crippen molar-refractivity contribution in [1.82, 2.24) is 9.55 Å². The fraction of sp³-hybridized carbons (Fsp3) is 0. The first-order chi connectivity index (χ1) is 6.77. The SMILES string of the molecule is [C-]#[N+]/C(=C/n1ccnc1)C(=O)OC#C. The van der Waals surface area contributed by atoms with Gasteiger partial charge in [-0.15, -0.1) is 0 Å². The van der Waals surface area contributed by atoms with E-state index in [-0.39, 0.29) is 5.70 Å². The largest absolute Gasteiger partial charge is 0.378 e. The molecule has 68 valence electrons. The molecule has 0 spiro atoms. The summed E-state index contributed by atoms with van der Waals surface area (Å²) in [6.45, 7) is 6.72. The summed E-state index contributed by atoms with van der Waals surface area (Å²) in [5.41, 5.74) is -0.207. The van der Waals surface area contributed by atoms with Gasteiger partial charge in [-0.25, -0.2) is 9.83 Å². The molecule has 0 aliphatic rings. The molecule has 1 heterocycles. The molecule has 0 unspecified atom stereocenters. The van der Waals surface area contributed by atoms with Crippen LogP contribution in [0.15, 0.2) is 24.4 Å². The van der Waals surface area contributed by atoms with Gasteiger partial charge in [-0.2, -0.15) is 0 Å². The number of carbonyl (C=O) groups is 1. The lowest BCUT2D eigenvalue weighted by atomic mass is 10.5. The molecule has 0 amide bonds. The number of terminal acetylenes is 1. The standard InChI is InChI=1S/C9H5N3O2/c1-3-14-9(13)8(10-2)6-12-5-4-11-7-12/h1,4-7H/b8-6+. The van der Waals surface area contributed by atoms with E-state index in [1.807, 2.05) is 0 Å². The van der Waals surface area contributed by atoms with E-state index in [4.69, 9.17) is 13.0 Å². The molecule has 1 rings (SSSR count). The van der Waals surface area contributed by atoms with Crippen LogP contribution in [0.1, 0.15) is 0 Å². The van der Waals surface area contributed by atoms with Crippen LogP contribution >= 0.6 is 0 Å². The Hall–Kier alpha value is -2.53. The van der Waals surface area contributed by atoms with Crippen molar-refractivity contribution in [2.75, 3.05) is 0 Å². The highest BCUT2D eigenvalue weighted by Gasteiger charge is 2.10. The molecule has 14 heavy (non-hydrogen) atoms. The van der Waals surface area contributed by atoms with Crippen molar-refractivity contribution in [3.05, 3.63) is 35.8 Å². The zero-order valence-electron chi connectivity index (χ0n) is 7.04. The Kier molecular flexibility index (Phi) is 3.06. The molecular formula is C9H5N3O2. The van der Waals surface area contributed by atoms with Gasteiger partial charge < -0.3 is 9.30 Å². The topological polar surface area (TPSA) is 48.5 Å². The van der Waals surface area contributed by atoms with Crippen LogP contribution in [0.4, 0.5) is 0 Å². The molecule has 0 fully saturated rings. The van der Waals surface area contributed by atoms with Crippen LogP contribution in [0.5, 0.6) is 0 Å². The van der Waals surface area contributed by atoms with Crippen molar-refractivity contribution in [3.8, 4) is 12.5 Å². The van der Waals surface area contributed by atoms with Gasteiger partial charge in [0.2, 0.25) is 0 Å². The number of ether oxygens (including phenoxy) is 1. The van der Waals surface area contributed by atoms with E-state index >= 15 is 0 Å². The quantitative estimate of drug-likeness (QED) is 0.297. The van der Waals surface area contributed by atoms with E-state index in [9.17, 15) is 4.79 Å². The maximum Gasteiger partial charge on any atom is 0.352 e. The molecule has 0 bridgehead atoms. The van der Waals surface area contributed by atoms with Crippen molar-refractivity contribution in [3.63, 3.8) is 0 Å². The van der Waals surface area contributed by atoms with Gasteiger partial charge in [0.25, 0.3) is 5.70 Å². The second-order valence-electron chi connectivity index (χ2n) is 2.14. The summed E-state index contributed by atoms with van der Waals surface area (Å²) in [7, 11) is 0. The van der Waals surface area contributed by atoms with E-state index < -0.39 is 5.97 Å². The summed E-state index contributed by atoms with van der Waals surface area (Å²) >= 11 is 0. The van der Waals surface area contributed by atoms with Crippen molar-refractivity contribution in [2.45, 2.75) is 0 Å². The molecule has 1 aromatic rings. The third-order valence-electron chi connectivity index (χ3n) is 1.28. The van der Waals surface area contributed by atoms with Gasteiger partial charge in [-0.3, -0.25) is 4.79 Å². The number of imidazole rings is 1. The maximum atomic E-state index is 11.0. The number of aromatic nitrogens is 2. The van der Waals surface area contributed by atoms with Crippen LogP contribution < -0.4 is 0 Å². The highest BCUT2D eigenvalue weighted by atomic mass is 16.5. The fourth-order valence-corrected chi connectivity index (χ4v) is 0.720. The first-order valence-corrected chi connectivity index (χ1v) is 3.51. The van der Waals surface area contributed by atoms with Gasteiger partial charge in [0.05, 0.1) is 12.9 Å². The van der Waals surface area contributed by atoms with Gasteiger partial charge in [0.15, 0.2) is 0 Å². The highest BCUT2D eigenvalue weighted by Crippen LogP contribution is 2.02. The minimum absolute atomic E-state index is 0.207. The average molecular weight is 187 g/mol. The third kappa shape index (κ3) is 2.23. The van der Waals surface area contributed by atoms with Crippen molar-refractivity contribution < 1.29 is 9.53 Å². The molecule has 0 N–H and O–H groups in total. The van der Waals surface area contributed by atoms with Gasteiger partial charge in [0, 0.05) is 18.6 Å². The Morgan fingerprint density at radius 3 is 3.07 bits per heavy atom. The molecule has 5 nitrogen and oxygen atoms in total. The summed E-state index contributed by atoms with van der Waals surface area (Å²) in [5.74, 6) is -0.851. The Bertz CT molecular complexity index is 432. The molecule has 0 saturated heterocycles. The molecule has 0 saturated carbocycles. The third-order valence-corrected chi connectivity index (χ3v) is 1.28. The zero-order valence-corrected chi connectivity index (χ0v) is 7.04. The number of hydrogen-bond acceptors (Lipinski definition) is 3. The van der Waals surface area contributed by atoms with Crippen LogP contribution in [0.3, 0.4) is 0 Å².